The molecule has 0 bridgehead atoms. The van der Waals surface area contributed by atoms with Crippen LogP contribution in [0.2, 0.25) is 0 Å². The molecule has 6 nitrogen and oxygen atoms in total. The van der Waals surface area contributed by atoms with Crippen LogP contribution in [0.25, 0.3) is 11.3 Å². The molecule has 0 aliphatic heterocycles. The molecular weight excluding hydrogens is 368 g/mol. The molecule has 8 heteroatoms. The normalized spacial score (nSPS) is 10.6. The molecular formula is C20H19F2N3O3. The Morgan fingerprint density at radius 1 is 1.11 bits per heavy atom. The average molecular weight is 387 g/mol. The fourth-order valence-corrected chi connectivity index (χ4v) is 2.76. The summed E-state index contributed by atoms with van der Waals surface area (Å²) in [4.78, 5) is 12.5. The van der Waals surface area contributed by atoms with E-state index in [2.05, 4.69) is 10.4 Å². The van der Waals surface area contributed by atoms with Crippen LogP contribution in [0, 0.1) is 11.6 Å². The van der Waals surface area contributed by atoms with Gasteiger partial charge < -0.3 is 14.8 Å². The van der Waals surface area contributed by atoms with Gasteiger partial charge in [-0.3, -0.25) is 9.48 Å². The second kappa shape index (κ2) is 8.08. The fourth-order valence-electron chi connectivity index (χ4n) is 2.76. The molecule has 3 rings (SSSR count). The molecule has 1 aromatic heterocycles. The summed E-state index contributed by atoms with van der Waals surface area (Å²) in [5, 5.41) is 6.98. The lowest BCUT2D eigenvalue weighted by Gasteiger charge is -2.08. The van der Waals surface area contributed by atoms with Crippen molar-refractivity contribution in [3.05, 3.63) is 65.4 Å². The summed E-state index contributed by atoms with van der Waals surface area (Å²) in [7, 11) is 4.72. The number of benzene rings is 2. The van der Waals surface area contributed by atoms with Crippen LogP contribution in [0.4, 0.5) is 8.78 Å². The quantitative estimate of drug-likeness (QED) is 0.705. The van der Waals surface area contributed by atoms with Crippen LogP contribution in [-0.4, -0.2) is 29.9 Å². The zero-order valence-corrected chi connectivity index (χ0v) is 15.6. The number of halogens is 2. The minimum absolute atomic E-state index is 0.0755. The van der Waals surface area contributed by atoms with Gasteiger partial charge in [0.1, 0.15) is 28.8 Å². The lowest BCUT2D eigenvalue weighted by molar-refractivity contribution is 0.0941. The zero-order valence-electron chi connectivity index (χ0n) is 15.6. The highest BCUT2D eigenvalue weighted by atomic mass is 19.1. The summed E-state index contributed by atoms with van der Waals surface area (Å²) >= 11 is 0. The number of carbonyl (C=O) groups is 1. The summed E-state index contributed by atoms with van der Waals surface area (Å²) in [6.07, 6.45) is 0. The van der Waals surface area contributed by atoms with E-state index in [0.29, 0.717) is 22.8 Å². The van der Waals surface area contributed by atoms with Crippen molar-refractivity contribution in [2.45, 2.75) is 6.54 Å². The lowest BCUT2D eigenvalue weighted by Crippen LogP contribution is -2.25. The highest BCUT2D eigenvalue weighted by Gasteiger charge is 2.17. The van der Waals surface area contributed by atoms with E-state index in [-0.39, 0.29) is 17.8 Å². The summed E-state index contributed by atoms with van der Waals surface area (Å²) in [6.45, 7) is -0.0755. The van der Waals surface area contributed by atoms with Crippen LogP contribution in [0.5, 0.6) is 11.5 Å². The first kappa shape index (κ1) is 19.3. The van der Waals surface area contributed by atoms with Crippen LogP contribution in [0.1, 0.15) is 16.1 Å². The molecule has 0 saturated heterocycles. The van der Waals surface area contributed by atoms with Crippen molar-refractivity contribution in [3.8, 4) is 22.8 Å². The van der Waals surface area contributed by atoms with E-state index >= 15 is 0 Å². The van der Waals surface area contributed by atoms with Gasteiger partial charge in [0.25, 0.3) is 5.91 Å². The summed E-state index contributed by atoms with van der Waals surface area (Å²) in [6, 6.07) is 10.1. The predicted molar refractivity (Wildman–Crippen MR) is 99.3 cm³/mol. The minimum Gasteiger partial charge on any atom is -0.497 e. The molecule has 0 atom stereocenters. The fraction of sp³-hybridized carbons (Fsp3) is 0.200. The average Bonchev–Trinajstić information content (AvgIpc) is 3.08. The molecule has 0 aliphatic carbocycles. The maximum Gasteiger partial charge on any atom is 0.269 e. The van der Waals surface area contributed by atoms with Gasteiger partial charge in [0.05, 0.1) is 19.9 Å². The van der Waals surface area contributed by atoms with Gasteiger partial charge in [-0.25, -0.2) is 8.78 Å². The summed E-state index contributed by atoms with van der Waals surface area (Å²) in [5.41, 5.74) is 1.66. The van der Waals surface area contributed by atoms with Crippen molar-refractivity contribution < 1.29 is 23.0 Å². The van der Waals surface area contributed by atoms with E-state index in [4.69, 9.17) is 9.47 Å². The number of nitrogens with zero attached hydrogens (tertiary/aromatic N) is 2. The molecule has 1 amide bonds. The van der Waals surface area contributed by atoms with Gasteiger partial charge in [-0.1, -0.05) is 6.07 Å². The molecule has 0 unspecified atom stereocenters. The first-order valence-corrected chi connectivity index (χ1v) is 8.41. The number of ether oxygens (including phenoxy) is 2. The van der Waals surface area contributed by atoms with Gasteiger partial charge in [0.15, 0.2) is 0 Å². The van der Waals surface area contributed by atoms with E-state index in [0.717, 1.165) is 12.1 Å². The molecule has 3 aromatic rings. The highest BCUT2D eigenvalue weighted by molar-refractivity contribution is 5.93. The van der Waals surface area contributed by atoms with Crippen molar-refractivity contribution in [3.63, 3.8) is 0 Å². The van der Waals surface area contributed by atoms with Crippen molar-refractivity contribution in [1.29, 1.82) is 0 Å². The third kappa shape index (κ3) is 3.95. The van der Waals surface area contributed by atoms with Gasteiger partial charge >= 0.3 is 0 Å². The highest BCUT2D eigenvalue weighted by Crippen LogP contribution is 2.32. The molecule has 0 saturated carbocycles. The lowest BCUT2D eigenvalue weighted by atomic mass is 10.1. The van der Waals surface area contributed by atoms with Gasteiger partial charge in [-0.05, 0) is 30.3 Å². The van der Waals surface area contributed by atoms with Crippen molar-refractivity contribution >= 4 is 5.91 Å². The Balaban J connectivity index is 1.83. The van der Waals surface area contributed by atoms with Crippen molar-refractivity contribution in [2.24, 2.45) is 7.05 Å². The number of hydrogen-bond donors (Lipinski definition) is 1. The largest absolute Gasteiger partial charge is 0.497 e. The maximum absolute atomic E-state index is 13.7. The number of aromatic nitrogens is 2. The van der Waals surface area contributed by atoms with Crippen LogP contribution in [0.3, 0.4) is 0 Å². The Kier molecular flexibility index (Phi) is 5.58. The molecule has 146 valence electrons. The van der Waals surface area contributed by atoms with E-state index in [1.807, 2.05) is 0 Å². The molecule has 0 aliphatic rings. The van der Waals surface area contributed by atoms with E-state index in [9.17, 15) is 13.6 Å². The van der Waals surface area contributed by atoms with Crippen LogP contribution in [0.15, 0.2) is 42.5 Å². The maximum atomic E-state index is 13.7. The number of nitrogens with one attached hydrogen (secondary N) is 1. The second-order valence-corrected chi connectivity index (χ2v) is 6.02. The van der Waals surface area contributed by atoms with Crippen molar-refractivity contribution in [1.82, 2.24) is 15.1 Å². The van der Waals surface area contributed by atoms with Crippen LogP contribution >= 0.6 is 0 Å². The molecule has 1 N–H and O–H groups in total. The van der Waals surface area contributed by atoms with Crippen LogP contribution in [-0.2, 0) is 13.6 Å². The van der Waals surface area contributed by atoms with Gasteiger partial charge in [-0.15, -0.1) is 0 Å². The van der Waals surface area contributed by atoms with E-state index < -0.39 is 17.5 Å². The van der Waals surface area contributed by atoms with Gasteiger partial charge in [0, 0.05) is 30.8 Å². The Labute approximate surface area is 160 Å². The SMILES string of the molecule is COc1ccc(OC)c(-c2cc(C(=O)NCc3ccc(F)cc3F)n(C)n2)c1. The number of amides is 1. The topological polar surface area (TPSA) is 65.4 Å². The zero-order chi connectivity index (χ0) is 20.3. The monoisotopic (exact) mass is 387 g/mol. The van der Waals surface area contributed by atoms with Gasteiger partial charge in [-0.2, -0.15) is 5.10 Å². The Morgan fingerprint density at radius 2 is 1.89 bits per heavy atom. The van der Waals surface area contributed by atoms with E-state index in [1.165, 1.54) is 10.7 Å². The Morgan fingerprint density at radius 3 is 2.57 bits per heavy atom. The molecule has 28 heavy (non-hydrogen) atoms. The summed E-state index contributed by atoms with van der Waals surface area (Å²) in [5.74, 6) is -0.617. The molecule has 1 heterocycles. The molecule has 0 spiro atoms. The number of carbonyl (C=O) groups excluding carboxylic acids is 1. The number of aryl methyl sites for hydroxylation is 1. The molecule has 2 aromatic carbocycles. The minimum atomic E-state index is -0.716. The Bertz CT molecular complexity index is 1020. The summed E-state index contributed by atoms with van der Waals surface area (Å²) < 4.78 is 38.7. The van der Waals surface area contributed by atoms with Gasteiger partial charge in [0.2, 0.25) is 0 Å². The second-order valence-electron chi connectivity index (χ2n) is 6.02. The third-order valence-corrected chi connectivity index (χ3v) is 4.25. The number of hydrogen-bond acceptors (Lipinski definition) is 4. The third-order valence-electron chi connectivity index (χ3n) is 4.25. The van der Waals surface area contributed by atoms with E-state index in [1.54, 1.807) is 45.5 Å². The molecule has 0 fully saturated rings. The standard InChI is InChI=1S/C20H19F2N3O3/c1-25-18(20(26)23-11-12-4-5-13(21)8-16(12)22)10-17(24-25)15-9-14(27-2)6-7-19(15)28-3/h4-10H,11H2,1-3H3,(H,23,26). The predicted octanol–water partition coefficient (Wildman–Crippen LogP) is 3.31. The molecule has 0 radical (unpaired) electrons. The van der Waals surface area contributed by atoms with Crippen LogP contribution < -0.4 is 14.8 Å². The Hall–Kier alpha value is -3.42. The number of methoxy groups -OCH3 is 2. The first-order chi connectivity index (χ1) is 13.4. The first-order valence-electron chi connectivity index (χ1n) is 8.41. The smallest absolute Gasteiger partial charge is 0.269 e. The number of rotatable bonds is 6. The van der Waals surface area contributed by atoms with Crippen molar-refractivity contribution in [2.75, 3.05) is 14.2 Å².